The molecule has 0 radical (unpaired) electrons. The number of aliphatic hydroxyl groups is 1. The molecule has 3 rings (SSSR count). The maximum atomic E-state index is 11.3. The maximum Gasteiger partial charge on any atom is 0.346 e. The average molecular weight is 307 g/mol. The van der Waals surface area contributed by atoms with Crippen molar-refractivity contribution in [3.05, 3.63) is 16.8 Å². The third-order valence-electron chi connectivity index (χ3n) is 4.01. The molecule has 2 N–H and O–H groups in total. The summed E-state index contributed by atoms with van der Waals surface area (Å²) in [6.07, 6.45) is 4.55. The minimum atomic E-state index is -0.932. The fraction of sp³-hybridized carbons (Fsp3) is 0.500. The van der Waals surface area contributed by atoms with Crippen LogP contribution in [-0.2, 0) is 0 Å². The van der Waals surface area contributed by atoms with Crippen molar-refractivity contribution in [2.45, 2.75) is 32.2 Å². The van der Waals surface area contributed by atoms with Crippen molar-refractivity contribution in [2.24, 2.45) is 0 Å². The first-order chi connectivity index (χ1) is 10.1. The van der Waals surface area contributed by atoms with Crippen LogP contribution in [0.4, 0.5) is 5.82 Å². The van der Waals surface area contributed by atoms with Gasteiger partial charge in [-0.25, -0.2) is 14.8 Å². The second kappa shape index (κ2) is 5.57. The molecule has 1 fully saturated rings. The van der Waals surface area contributed by atoms with Crippen LogP contribution in [0.5, 0.6) is 0 Å². The first-order valence-corrected chi connectivity index (χ1v) is 7.80. The molecule has 7 heteroatoms. The predicted octanol–water partition coefficient (Wildman–Crippen LogP) is 2.05. The number of aromatic carboxylic acids is 1. The van der Waals surface area contributed by atoms with Gasteiger partial charge in [-0.1, -0.05) is 0 Å². The molecule has 1 saturated heterocycles. The number of carboxylic acid groups (broad SMARTS) is 1. The summed E-state index contributed by atoms with van der Waals surface area (Å²) in [7, 11) is 0. The molecule has 1 atom stereocenters. The van der Waals surface area contributed by atoms with E-state index in [2.05, 4.69) is 14.9 Å². The molecule has 112 valence electrons. The Kier molecular flexibility index (Phi) is 3.77. The lowest BCUT2D eigenvalue weighted by molar-refractivity contribution is 0.0701. The van der Waals surface area contributed by atoms with Crippen LogP contribution in [0.15, 0.2) is 6.33 Å². The molecular formula is C14H17N3O3S. The van der Waals surface area contributed by atoms with Gasteiger partial charge in [0.15, 0.2) is 0 Å². The number of aromatic nitrogens is 2. The van der Waals surface area contributed by atoms with Crippen molar-refractivity contribution in [3.8, 4) is 0 Å². The molecule has 6 nitrogen and oxygen atoms in total. The zero-order chi connectivity index (χ0) is 15.0. The number of hydrogen-bond acceptors (Lipinski definition) is 6. The number of hydrogen-bond donors (Lipinski definition) is 2. The fourth-order valence-corrected chi connectivity index (χ4v) is 3.93. The van der Waals surface area contributed by atoms with Gasteiger partial charge in [-0.05, 0) is 31.7 Å². The van der Waals surface area contributed by atoms with Gasteiger partial charge in [0.25, 0.3) is 0 Å². The predicted molar refractivity (Wildman–Crippen MR) is 81.2 cm³/mol. The first-order valence-electron chi connectivity index (χ1n) is 6.98. The topological polar surface area (TPSA) is 86.5 Å². The first kappa shape index (κ1) is 14.2. The largest absolute Gasteiger partial charge is 0.477 e. The van der Waals surface area contributed by atoms with Crippen LogP contribution < -0.4 is 4.90 Å². The third-order valence-corrected chi connectivity index (χ3v) is 5.20. The van der Waals surface area contributed by atoms with E-state index < -0.39 is 5.97 Å². The van der Waals surface area contributed by atoms with E-state index in [-0.39, 0.29) is 12.6 Å². The highest BCUT2D eigenvalue weighted by Crippen LogP contribution is 2.36. The highest BCUT2D eigenvalue weighted by atomic mass is 32.1. The number of anilines is 1. The number of carbonyl (C=O) groups is 1. The molecule has 0 spiro atoms. The van der Waals surface area contributed by atoms with Gasteiger partial charge in [-0.3, -0.25) is 0 Å². The number of piperidine rings is 1. The van der Waals surface area contributed by atoms with Gasteiger partial charge >= 0.3 is 5.97 Å². The Labute approximate surface area is 126 Å². The van der Waals surface area contributed by atoms with E-state index in [4.69, 9.17) is 0 Å². The number of nitrogens with zero attached hydrogens (tertiary/aromatic N) is 3. The summed E-state index contributed by atoms with van der Waals surface area (Å²) in [5.74, 6) is -0.182. The molecule has 3 heterocycles. The molecule has 0 aliphatic carbocycles. The lowest BCUT2D eigenvalue weighted by Gasteiger charge is -2.35. The van der Waals surface area contributed by atoms with E-state index in [0.717, 1.165) is 37.0 Å². The summed E-state index contributed by atoms with van der Waals surface area (Å²) < 4.78 is 0. The monoisotopic (exact) mass is 307 g/mol. The van der Waals surface area contributed by atoms with Crippen LogP contribution in [0.3, 0.4) is 0 Å². The summed E-state index contributed by atoms with van der Waals surface area (Å²) in [5, 5.41) is 19.7. The van der Waals surface area contributed by atoms with E-state index in [1.165, 1.54) is 17.7 Å². The minimum Gasteiger partial charge on any atom is -0.477 e. The third kappa shape index (κ3) is 2.36. The molecule has 2 aromatic rings. The summed E-state index contributed by atoms with van der Waals surface area (Å²) in [6, 6.07) is 0.0458. The zero-order valence-corrected chi connectivity index (χ0v) is 12.6. The second-order valence-electron chi connectivity index (χ2n) is 5.26. The molecule has 21 heavy (non-hydrogen) atoms. The van der Waals surface area contributed by atoms with E-state index in [0.29, 0.717) is 15.3 Å². The minimum absolute atomic E-state index is 0.0458. The van der Waals surface area contributed by atoms with E-state index in [1.807, 2.05) is 0 Å². The number of fused-ring (bicyclic) bond motifs is 1. The Morgan fingerprint density at radius 3 is 3.00 bits per heavy atom. The van der Waals surface area contributed by atoms with E-state index >= 15 is 0 Å². The smallest absolute Gasteiger partial charge is 0.346 e. The number of rotatable bonds is 3. The van der Waals surface area contributed by atoms with Crippen molar-refractivity contribution < 1.29 is 15.0 Å². The molecule has 1 unspecified atom stereocenters. The number of thiophene rings is 1. The lowest BCUT2D eigenvalue weighted by Crippen LogP contribution is -2.42. The SMILES string of the molecule is Cc1c(C(=O)O)sc2ncnc(N3CCCCC3CO)c12. The molecule has 0 bridgehead atoms. The van der Waals surface area contributed by atoms with Gasteiger partial charge in [-0.15, -0.1) is 11.3 Å². The average Bonchev–Trinajstić information content (AvgIpc) is 2.85. The Bertz CT molecular complexity index is 685. The maximum absolute atomic E-state index is 11.3. The Morgan fingerprint density at radius 2 is 2.29 bits per heavy atom. The van der Waals surface area contributed by atoms with E-state index in [9.17, 15) is 15.0 Å². The molecule has 0 saturated carbocycles. The van der Waals surface area contributed by atoms with Gasteiger partial charge in [0, 0.05) is 6.54 Å². The van der Waals surface area contributed by atoms with Crippen LogP contribution in [0.25, 0.3) is 10.2 Å². The number of aryl methyl sites for hydroxylation is 1. The highest BCUT2D eigenvalue weighted by Gasteiger charge is 2.27. The van der Waals surface area contributed by atoms with Gasteiger partial charge in [-0.2, -0.15) is 0 Å². The van der Waals surface area contributed by atoms with Crippen LogP contribution in [0.2, 0.25) is 0 Å². The van der Waals surface area contributed by atoms with Crippen LogP contribution in [0, 0.1) is 6.92 Å². The highest BCUT2D eigenvalue weighted by molar-refractivity contribution is 7.20. The van der Waals surface area contributed by atoms with Crippen LogP contribution in [-0.4, -0.2) is 45.3 Å². The molecule has 0 amide bonds. The summed E-state index contributed by atoms with van der Waals surface area (Å²) in [4.78, 5) is 23.0. The summed E-state index contributed by atoms with van der Waals surface area (Å²) >= 11 is 1.18. The fourth-order valence-electron chi connectivity index (χ4n) is 2.94. The number of aliphatic hydroxyl groups excluding tert-OH is 1. The molecule has 1 aliphatic rings. The van der Waals surface area contributed by atoms with Crippen molar-refractivity contribution >= 4 is 33.3 Å². The zero-order valence-electron chi connectivity index (χ0n) is 11.7. The van der Waals surface area contributed by atoms with Crippen molar-refractivity contribution in [2.75, 3.05) is 18.1 Å². The normalized spacial score (nSPS) is 19.1. The molecule has 1 aliphatic heterocycles. The Hall–Kier alpha value is -1.73. The van der Waals surface area contributed by atoms with Crippen LogP contribution in [0.1, 0.15) is 34.5 Å². The summed E-state index contributed by atoms with van der Waals surface area (Å²) in [5.41, 5.74) is 0.709. The summed E-state index contributed by atoms with van der Waals surface area (Å²) in [6.45, 7) is 2.71. The van der Waals surface area contributed by atoms with Crippen molar-refractivity contribution in [1.29, 1.82) is 0 Å². The van der Waals surface area contributed by atoms with Crippen molar-refractivity contribution in [3.63, 3.8) is 0 Å². The van der Waals surface area contributed by atoms with Crippen LogP contribution >= 0.6 is 11.3 Å². The molecule has 2 aromatic heterocycles. The van der Waals surface area contributed by atoms with Gasteiger partial charge in [0.2, 0.25) is 0 Å². The second-order valence-corrected chi connectivity index (χ2v) is 6.26. The van der Waals surface area contributed by atoms with Gasteiger partial charge < -0.3 is 15.1 Å². The molecule has 0 aromatic carbocycles. The van der Waals surface area contributed by atoms with Gasteiger partial charge in [0.1, 0.15) is 21.9 Å². The Balaban J connectivity index is 2.16. The Morgan fingerprint density at radius 1 is 1.48 bits per heavy atom. The lowest BCUT2D eigenvalue weighted by atomic mass is 10.0. The quantitative estimate of drug-likeness (QED) is 0.902. The number of carboxylic acids is 1. The van der Waals surface area contributed by atoms with Crippen molar-refractivity contribution in [1.82, 2.24) is 9.97 Å². The van der Waals surface area contributed by atoms with E-state index in [1.54, 1.807) is 6.92 Å². The standard InChI is InChI=1S/C14H17N3O3S/c1-8-10-12(17-5-3-2-4-9(17)6-18)15-7-16-13(10)21-11(8)14(19)20/h7,9,18H,2-6H2,1H3,(H,19,20). The molecular weight excluding hydrogens is 290 g/mol. The van der Waals surface area contributed by atoms with Gasteiger partial charge in [0.05, 0.1) is 18.0 Å².